The summed E-state index contributed by atoms with van der Waals surface area (Å²) < 4.78 is 5.11. The molecule has 0 radical (unpaired) electrons. The van der Waals surface area contributed by atoms with Crippen molar-refractivity contribution >= 4 is 11.6 Å². The fourth-order valence-electron chi connectivity index (χ4n) is 2.78. The van der Waals surface area contributed by atoms with E-state index >= 15 is 0 Å². The van der Waals surface area contributed by atoms with Gasteiger partial charge in [0.15, 0.2) is 0 Å². The molecule has 0 bridgehead atoms. The molecule has 1 aromatic carbocycles. The van der Waals surface area contributed by atoms with Gasteiger partial charge in [0.2, 0.25) is 5.91 Å². The minimum absolute atomic E-state index is 0.00473. The van der Waals surface area contributed by atoms with Gasteiger partial charge in [-0.3, -0.25) is 4.79 Å². The molecule has 0 aromatic heterocycles. The Balaban J connectivity index is 2.03. The van der Waals surface area contributed by atoms with Crippen molar-refractivity contribution in [3.63, 3.8) is 0 Å². The average Bonchev–Trinajstić information content (AvgIpc) is 2.46. The number of rotatable bonds is 5. The Morgan fingerprint density at radius 2 is 2.10 bits per heavy atom. The van der Waals surface area contributed by atoms with E-state index in [1.54, 1.807) is 7.11 Å². The van der Waals surface area contributed by atoms with E-state index < -0.39 is 0 Å². The Morgan fingerprint density at radius 3 is 2.85 bits per heavy atom. The minimum atomic E-state index is -0.0563. The fourth-order valence-corrected chi connectivity index (χ4v) is 2.78. The van der Waals surface area contributed by atoms with Crippen LogP contribution in [0.25, 0.3) is 0 Å². The fraction of sp³-hybridized carbons (Fsp3) is 0.562. The predicted octanol–water partition coefficient (Wildman–Crippen LogP) is 2.33. The molecule has 1 aromatic rings. The predicted molar refractivity (Wildman–Crippen MR) is 80.6 cm³/mol. The zero-order chi connectivity index (χ0) is 14.4. The molecule has 1 aliphatic carbocycles. The monoisotopic (exact) mass is 276 g/mol. The highest BCUT2D eigenvalue weighted by Crippen LogP contribution is 2.25. The molecule has 1 amide bonds. The van der Waals surface area contributed by atoms with Crippen LogP contribution in [-0.4, -0.2) is 25.7 Å². The van der Waals surface area contributed by atoms with E-state index in [9.17, 15) is 4.79 Å². The SMILES string of the molecule is COCCc1ccccc1NC(=O)C1CCCCC1N. The average molecular weight is 276 g/mol. The molecule has 110 valence electrons. The van der Waals surface area contributed by atoms with Gasteiger partial charge in [-0.25, -0.2) is 0 Å². The van der Waals surface area contributed by atoms with Crippen LogP contribution in [0.3, 0.4) is 0 Å². The quantitative estimate of drug-likeness (QED) is 0.867. The van der Waals surface area contributed by atoms with Gasteiger partial charge in [-0.05, 0) is 30.9 Å². The van der Waals surface area contributed by atoms with Gasteiger partial charge in [0, 0.05) is 18.8 Å². The summed E-state index contributed by atoms with van der Waals surface area (Å²) in [6, 6.07) is 7.88. The maximum Gasteiger partial charge on any atom is 0.229 e. The Hall–Kier alpha value is -1.39. The third-order valence-corrected chi connectivity index (χ3v) is 4.01. The van der Waals surface area contributed by atoms with Crippen molar-refractivity contribution in [3.8, 4) is 0 Å². The second-order valence-corrected chi connectivity index (χ2v) is 5.44. The summed E-state index contributed by atoms with van der Waals surface area (Å²) >= 11 is 0. The number of hydrogen-bond acceptors (Lipinski definition) is 3. The van der Waals surface area contributed by atoms with Gasteiger partial charge in [-0.2, -0.15) is 0 Å². The van der Waals surface area contributed by atoms with E-state index in [-0.39, 0.29) is 17.9 Å². The van der Waals surface area contributed by atoms with Crippen molar-refractivity contribution in [1.82, 2.24) is 0 Å². The van der Waals surface area contributed by atoms with E-state index in [1.165, 1.54) is 0 Å². The molecule has 1 saturated carbocycles. The van der Waals surface area contributed by atoms with Gasteiger partial charge in [0.05, 0.1) is 12.5 Å². The number of carbonyl (C=O) groups excluding carboxylic acids is 1. The van der Waals surface area contributed by atoms with Crippen molar-refractivity contribution in [2.45, 2.75) is 38.1 Å². The van der Waals surface area contributed by atoms with Gasteiger partial charge >= 0.3 is 0 Å². The smallest absolute Gasteiger partial charge is 0.229 e. The van der Waals surface area contributed by atoms with Crippen LogP contribution in [0.5, 0.6) is 0 Å². The van der Waals surface area contributed by atoms with Crippen LogP contribution in [0.15, 0.2) is 24.3 Å². The second kappa shape index (κ2) is 7.41. The summed E-state index contributed by atoms with van der Waals surface area (Å²) in [7, 11) is 1.68. The number of para-hydroxylation sites is 1. The number of anilines is 1. The highest BCUT2D eigenvalue weighted by atomic mass is 16.5. The summed E-state index contributed by atoms with van der Waals surface area (Å²) in [6.07, 6.45) is 4.87. The summed E-state index contributed by atoms with van der Waals surface area (Å²) in [5, 5.41) is 3.05. The van der Waals surface area contributed by atoms with E-state index in [0.29, 0.717) is 6.61 Å². The molecule has 1 aliphatic rings. The molecule has 4 heteroatoms. The van der Waals surface area contributed by atoms with Crippen LogP contribution in [0.4, 0.5) is 5.69 Å². The van der Waals surface area contributed by atoms with Gasteiger partial charge in [0.1, 0.15) is 0 Å². The lowest BCUT2D eigenvalue weighted by molar-refractivity contribution is -0.121. The first-order chi connectivity index (χ1) is 9.72. The summed E-state index contributed by atoms with van der Waals surface area (Å²) in [5.41, 5.74) is 8.06. The Bertz CT molecular complexity index is 448. The number of methoxy groups -OCH3 is 1. The van der Waals surface area contributed by atoms with E-state index in [2.05, 4.69) is 5.32 Å². The highest BCUT2D eigenvalue weighted by Gasteiger charge is 2.28. The molecular formula is C16H24N2O2. The number of benzene rings is 1. The number of hydrogen-bond donors (Lipinski definition) is 2. The van der Waals surface area contributed by atoms with Crippen molar-refractivity contribution in [2.24, 2.45) is 11.7 Å². The van der Waals surface area contributed by atoms with Crippen molar-refractivity contribution < 1.29 is 9.53 Å². The van der Waals surface area contributed by atoms with Crippen molar-refractivity contribution in [3.05, 3.63) is 29.8 Å². The summed E-state index contributed by atoms with van der Waals surface area (Å²) in [4.78, 5) is 12.4. The molecule has 0 aliphatic heterocycles. The Kier molecular flexibility index (Phi) is 5.56. The maximum absolute atomic E-state index is 12.4. The van der Waals surface area contributed by atoms with E-state index in [1.807, 2.05) is 24.3 Å². The molecule has 2 unspecified atom stereocenters. The molecule has 0 saturated heterocycles. The Labute approximate surface area is 120 Å². The summed E-state index contributed by atoms with van der Waals surface area (Å²) in [5.74, 6) is 0.00120. The second-order valence-electron chi connectivity index (χ2n) is 5.44. The molecule has 1 fully saturated rings. The highest BCUT2D eigenvalue weighted by molar-refractivity contribution is 5.93. The molecule has 20 heavy (non-hydrogen) atoms. The first-order valence-corrected chi connectivity index (χ1v) is 7.35. The number of ether oxygens (including phenoxy) is 1. The normalized spacial score (nSPS) is 22.5. The zero-order valence-electron chi connectivity index (χ0n) is 12.1. The van der Waals surface area contributed by atoms with E-state index in [4.69, 9.17) is 10.5 Å². The largest absolute Gasteiger partial charge is 0.384 e. The number of nitrogens with two attached hydrogens (primary N) is 1. The zero-order valence-corrected chi connectivity index (χ0v) is 12.1. The third-order valence-electron chi connectivity index (χ3n) is 4.01. The summed E-state index contributed by atoms with van der Waals surface area (Å²) in [6.45, 7) is 0.649. The third kappa shape index (κ3) is 3.81. The van der Waals surface area contributed by atoms with Crippen LogP contribution in [0.2, 0.25) is 0 Å². The molecule has 2 atom stereocenters. The molecule has 3 N–H and O–H groups in total. The number of nitrogens with one attached hydrogen (secondary N) is 1. The standard InChI is InChI=1S/C16H24N2O2/c1-20-11-10-12-6-2-5-9-15(12)18-16(19)13-7-3-4-8-14(13)17/h2,5-6,9,13-14H,3-4,7-8,10-11,17H2,1H3,(H,18,19). The van der Waals surface area contributed by atoms with Crippen molar-refractivity contribution in [2.75, 3.05) is 19.0 Å². The van der Waals surface area contributed by atoms with Crippen LogP contribution >= 0.6 is 0 Å². The van der Waals surface area contributed by atoms with Crippen LogP contribution < -0.4 is 11.1 Å². The molecule has 0 spiro atoms. The maximum atomic E-state index is 12.4. The first kappa shape index (κ1) is 15.0. The van der Waals surface area contributed by atoms with Gasteiger partial charge in [0.25, 0.3) is 0 Å². The molecule has 0 heterocycles. The van der Waals surface area contributed by atoms with E-state index in [0.717, 1.165) is 43.4 Å². The Morgan fingerprint density at radius 1 is 1.35 bits per heavy atom. The van der Waals surface area contributed by atoms with Gasteiger partial charge < -0.3 is 15.8 Å². The molecule has 4 nitrogen and oxygen atoms in total. The number of carbonyl (C=O) groups is 1. The lowest BCUT2D eigenvalue weighted by Gasteiger charge is -2.27. The molecular weight excluding hydrogens is 252 g/mol. The van der Waals surface area contributed by atoms with Crippen LogP contribution in [-0.2, 0) is 16.0 Å². The van der Waals surface area contributed by atoms with Crippen LogP contribution in [0.1, 0.15) is 31.2 Å². The van der Waals surface area contributed by atoms with Gasteiger partial charge in [-0.15, -0.1) is 0 Å². The van der Waals surface area contributed by atoms with Crippen LogP contribution in [0, 0.1) is 5.92 Å². The van der Waals surface area contributed by atoms with Gasteiger partial charge in [-0.1, -0.05) is 31.0 Å². The molecule has 2 rings (SSSR count). The lowest BCUT2D eigenvalue weighted by atomic mass is 9.84. The minimum Gasteiger partial charge on any atom is -0.384 e. The lowest BCUT2D eigenvalue weighted by Crippen LogP contribution is -2.40. The first-order valence-electron chi connectivity index (χ1n) is 7.35. The topological polar surface area (TPSA) is 64.3 Å². The number of amides is 1. The van der Waals surface area contributed by atoms with Crippen molar-refractivity contribution in [1.29, 1.82) is 0 Å².